The van der Waals surface area contributed by atoms with Crippen LogP contribution in [-0.4, -0.2) is 14.7 Å². The van der Waals surface area contributed by atoms with Crippen molar-refractivity contribution in [2.24, 2.45) is 0 Å². The Morgan fingerprint density at radius 2 is 2.19 bits per heavy atom. The molecule has 0 aliphatic rings. The van der Waals surface area contributed by atoms with Crippen LogP contribution in [0.5, 0.6) is 0 Å². The summed E-state index contributed by atoms with van der Waals surface area (Å²) in [5.74, 6) is -0.0250. The SMILES string of the molecule is CC(=O)Cn1sc2nc(C)cc(C)c2c1=O. The molecule has 2 heterocycles. The molecule has 0 aromatic carbocycles. The molecule has 0 bridgehead atoms. The molecule has 0 aliphatic heterocycles. The van der Waals surface area contributed by atoms with E-state index in [0.29, 0.717) is 10.2 Å². The van der Waals surface area contributed by atoms with Crippen LogP contribution in [0, 0.1) is 13.8 Å². The molecule has 0 fully saturated rings. The van der Waals surface area contributed by atoms with Crippen molar-refractivity contribution in [3.05, 3.63) is 27.7 Å². The first-order valence-corrected chi connectivity index (χ1v) is 5.74. The molecule has 16 heavy (non-hydrogen) atoms. The third-order valence-electron chi connectivity index (χ3n) is 2.31. The second kappa shape index (κ2) is 3.83. The van der Waals surface area contributed by atoms with Gasteiger partial charge in [-0.05, 0) is 43.9 Å². The smallest absolute Gasteiger partial charge is 0.270 e. The first kappa shape index (κ1) is 11.0. The minimum atomic E-state index is -0.111. The third-order valence-corrected chi connectivity index (χ3v) is 3.30. The third kappa shape index (κ3) is 1.78. The van der Waals surface area contributed by atoms with Gasteiger partial charge in [-0.2, -0.15) is 0 Å². The van der Waals surface area contributed by atoms with Crippen LogP contribution in [0.25, 0.3) is 10.2 Å². The van der Waals surface area contributed by atoms with Crippen molar-refractivity contribution in [1.82, 2.24) is 8.94 Å². The van der Waals surface area contributed by atoms with E-state index in [0.717, 1.165) is 11.3 Å². The molecule has 0 aliphatic carbocycles. The molecule has 0 saturated heterocycles. The number of rotatable bonds is 2. The van der Waals surface area contributed by atoms with Crippen LogP contribution in [0.2, 0.25) is 0 Å². The van der Waals surface area contributed by atoms with E-state index in [-0.39, 0.29) is 17.9 Å². The summed E-state index contributed by atoms with van der Waals surface area (Å²) in [5.41, 5.74) is 1.70. The number of nitrogens with zero attached hydrogens (tertiary/aromatic N) is 2. The average molecular weight is 236 g/mol. The Labute approximate surface area is 96.7 Å². The van der Waals surface area contributed by atoms with Crippen molar-refractivity contribution in [2.45, 2.75) is 27.3 Å². The van der Waals surface area contributed by atoms with E-state index in [1.807, 2.05) is 19.9 Å². The molecule has 2 rings (SSSR count). The first-order valence-electron chi connectivity index (χ1n) is 4.96. The lowest BCUT2D eigenvalue weighted by molar-refractivity contribution is -0.117. The van der Waals surface area contributed by atoms with Crippen molar-refractivity contribution in [3.63, 3.8) is 0 Å². The van der Waals surface area contributed by atoms with Gasteiger partial charge in [0.15, 0.2) is 5.78 Å². The highest BCUT2D eigenvalue weighted by molar-refractivity contribution is 7.13. The van der Waals surface area contributed by atoms with Gasteiger partial charge in [0.25, 0.3) is 5.56 Å². The molecule has 0 atom stereocenters. The zero-order chi connectivity index (χ0) is 11.9. The molecule has 0 amide bonds. The Morgan fingerprint density at radius 3 is 2.81 bits per heavy atom. The van der Waals surface area contributed by atoms with E-state index < -0.39 is 0 Å². The molecular formula is C11H12N2O2S. The highest BCUT2D eigenvalue weighted by atomic mass is 32.1. The molecule has 0 radical (unpaired) electrons. The number of aromatic nitrogens is 2. The van der Waals surface area contributed by atoms with Crippen molar-refractivity contribution in [3.8, 4) is 0 Å². The number of pyridine rings is 1. The van der Waals surface area contributed by atoms with Crippen molar-refractivity contribution >= 4 is 27.5 Å². The molecule has 4 nitrogen and oxygen atoms in total. The molecule has 2 aromatic heterocycles. The van der Waals surface area contributed by atoms with Crippen molar-refractivity contribution < 1.29 is 4.79 Å². The van der Waals surface area contributed by atoms with Crippen LogP contribution in [0.3, 0.4) is 0 Å². The summed E-state index contributed by atoms with van der Waals surface area (Å²) in [4.78, 5) is 28.0. The molecule has 0 spiro atoms. The fourth-order valence-corrected chi connectivity index (χ4v) is 2.86. The summed E-state index contributed by atoms with van der Waals surface area (Å²) < 4.78 is 1.46. The average Bonchev–Trinajstić information content (AvgIpc) is 2.41. The van der Waals surface area contributed by atoms with Gasteiger partial charge in [-0.3, -0.25) is 13.5 Å². The number of hydrogen-bond acceptors (Lipinski definition) is 4. The van der Waals surface area contributed by atoms with E-state index in [1.54, 1.807) is 0 Å². The molecule has 0 N–H and O–H groups in total. The number of carbonyl (C=O) groups excluding carboxylic acids is 1. The van der Waals surface area contributed by atoms with E-state index >= 15 is 0 Å². The largest absolute Gasteiger partial charge is 0.298 e. The summed E-state index contributed by atoms with van der Waals surface area (Å²) in [6, 6.07) is 1.88. The fraction of sp³-hybridized carbons (Fsp3) is 0.364. The molecule has 5 heteroatoms. The van der Waals surface area contributed by atoms with Crippen LogP contribution < -0.4 is 5.56 Å². The number of ketones is 1. The van der Waals surface area contributed by atoms with Gasteiger partial charge in [-0.25, -0.2) is 4.98 Å². The van der Waals surface area contributed by atoms with Gasteiger partial charge in [0.2, 0.25) is 0 Å². The Bertz CT molecular complexity index is 625. The summed E-state index contributed by atoms with van der Waals surface area (Å²) >= 11 is 1.25. The van der Waals surface area contributed by atoms with E-state index in [2.05, 4.69) is 4.98 Å². The van der Waals surface area contributed by atoms with Gasteiger partial charge in [-0.1, -0.05) is 0 Å². The lowest BCUT2D eigenvalue weighted by Crippen LogP contribution is -2.17. The number of Topliss-reactive ketones (excluding diaryl/α,β-unsaturated/α-hetero) is 1. The lowest BCUT2D eigenvalue weighted by Gasteiger charge is -1.94. The Morgan fingerprint density at radius 1 is 1.50 bits per heavy atom. The van der Waals surface area contributed by atoms with Crippen molar-refractivity contribution in [2.75, 3.05) is 0 Å². The van der Waals surface area contributed by atoms with Crippen LogP contribution in [0.1, 0.15) is 18.2 Å². The van der Waals surface area contributed by atoms with E-state index in [1.165, 1.54) is 22.4 Å². The van der Waals surface area contributed by atoms with Crippen LogP contribution in [-0.2, 0) is 11.3 Å². The lowest BCUT2D eigenvalue weighted by atomic mass is 10.2. The van der Waals surface area contributed by atoms with Crippen LogP contribution >= 0.6 is 11.5 Å². The normalized spacial score (nSPS) is 10.9. The quantitative estimate of drug-likeness (QED) is 0.797. The summed E-state index contributed by atoms with van der Waals surface area (Å²) in [7, 11) is 0. The maximum Gasteiger partial charge on any atom is 0.270 e. The topological polar surface area (TPSA) is 52.0 Å². The standard InChI is InChI=1S/C11H12N2O2S/c1-6-4-7(2)12-10-9(6)11(15)13(16-10)5-8(3)14/h4H,5H2,1-3H3. The minimum absolute atomic E-state index is 0.0250. The number of aryl methyl sites for hydroxylation is 2. The number of carbonyl (C=O) groups is 1. The molecule has 0 saturated carbocycles. The highest BCUT2D eigenvalue weighted by Gasteiger charge is 2.12. The Hall–Kier alpha value is -1.49. The van der Waals surface area contributed by atoms with E-state index in [9.17, 15) is 9.59 Å². The van der Waals surface area contributed by atoms with Gasteiger partial charge in [0.1, 0.15) is 4.83 Å². The fourth-order valence-electron chi connectivity index (χ4n) is 1.71. The maximum absolute atomic E-state index is 12.0. The number of hydrogen-bond donors (Lipinski definition) is 0. The Balaban J connectivity index is 2.73. The monoisotopic (exact) mass is 236 g/mol. The predicted molar refractivity (Wildman–Crippen MR) is 64.0 cm³/mol. The molecule has 0 unspecified atom stereocenters. The first-order chi connectivity index (χ1) is 7.49. The zero-order valence-corrected chi connectivity index (χ0v) is 10.2. The molecule has 84 valence electrons. The predicted octanol–water partition coefficient (Wildman–Crippen LogP) is 1.66. The van der Waals surface area contributed by atoms with Gasteiger partial charge < -0.3 is 0 Å². The second-order valence-electron chi connectivity index (χ2n) is 3.90. The summed E-state index contributed by atoms with van der Waals surface area (Å²) in [5, 5.41) is 0.636. The highest BCUT2D eigenvalue weighted by Crippen LogP contribution is 2.18. The maximum atomic E-state index is 12.0. The number of fused-ring (bicyclic) bond motifs is 1. The van der Waals surface area contributed by atoms with Crippen LogP contribution in [0.4, 0.5) is 0 Å². The van der Waals surface area contributed by atoms with Crippen molar-refractivity contribution in [1.29, 1.82) is 0 Å². The Kier molecular flexibility index (Phi) is 2.63. The van der Waals surface area contributed by atoms with E-state index in [4.69, 9.17) is 0 Å². The van der Waals surface area contributed by atoms with Gasteiger partial charge in [-0.15, -0.1) is 0 Å². The minimum Gasteiger partial charge on any atom is -0.298 e. The van der Waals surface area contributed by atoms with Gasteiger partial charge >= 0.3 is 0 Å². The van der Waals surface area contributed by atoms with Gasteiger partial charge in [0, 0.05) is 5.69 Å². The molecular weight excluding hydrogens is 224 g/mol. The summed E-state index contributed by atoms with van der Waals surface area (Å²) in [6.07, 6.45) is 0. The van der Waals surface area contributed by atoms with Gasteiger partial charge in [0.05, 0.1) is 11.9 Å². The second-order valence-corrected chi connectivity index (χ2v) is 4.91. The summed E-state index contributed by atoms with van der Waals surface area (Å²) in [6.45, 7) is 5.40. The molecule has 2 aromatic rings. The zero-order valence-electron chi connectivity index (χ0n) is 9.40. The van der Waals surface area contributed by atoms with Crippen LogP contribution in [0.15, 0.2) is 10.9 Å².